The summed E-state index contributed by atoms with van der Waals surface area (Å²) in [4.78, 5) is 16.6. The second-order valence-electron chi connectivity index (χ2n) is 5.91. The van der Waals surface area contributed by atoms with E-state index in [1.807, 2.05) is 13.8 Å². The number of carbonyl (C=O) groups is 1. The van der Waals surface area contributed by atoms with Crippen LogP contribution in [0.25, 0.3) is 0 Å². The van der Waals surface area contributed by atoms with Gasteiger partial charge in [0.15, 0.2) is 0 Å². The molecule has 0 unspecified atom stereocenters. The predicted octanol–water partition coefficient (Wildman–Crippen LogP) is 0.481. The molecule has 0 bridgehead atoms. The van der Waals surface area contributed by atoms with E-state index >= 15 is 0 Å². The Morgan fingerprint density at radius 3 is 1.82 bits per heavy atom. The quantitative estimate of drug-likeness (QED) is 0.743. The standard InChI is InChI=1S/C17H26N4O/c1-3-5-9-20-11-7-15(13-20)18-17(22)19-16-8-12-21(14-16)10-6-4-2/h15-16H,7-14H2,1-2H3,(H2,18,19,22)/t15-,16-/m1/s1. The van der Waals surface area contributed by atoms with E-state index in [1.165, 1.54) is 0 Å². The average Bonchev–Trinajstić information content (AvgIpc) is 3.12. The van der Waals surface area contributed by atoms with Gasteiger partial charge in [0.2, 0.25) is 0 Å². The molecule has 0 aromatic rings. The third kappa shape index (κ3) is 5.26. The van der Waals surface area contributed by atoms with Crippen molar-refractivity contribution in [2.24, 2.45) is 0 Å². The Morgan fingerprint density at radius 2 is 1.41 bits per heavy atom. The van der Waals surface area contributed by atoms with Crippen molar-refractivity contribution < 1.29 is 4.79 Å². The minimum absolute atomic E-state index is 0.0400. The number of likely N-dealkylation sites (tertiary alicyclic amines) is 2. The van der Waals surface area contributed by atoms with Crippen molar-refractivity contribution in [1.82, 2.24) is 20.4 Å². The number of hydrogen-bond acceptors (Lipinski definition) is 3. The molecule has 2 aliphatic heterocycles. The van der Waals surface area contributed by atoms with Crippen LogP contribution in [-0.4, -0.2) is 67.2 Å². The molecule has 120 valence electrons. The van der Waals surface area contributed by atoms with E-state index in [0.29, 0.717) is 0 Å². The Morgan fingerprint density at radius 1 is 0.955 bits per heavy atom. The maximum Gasteiger partial charge on any atom is 0.315 e. The van der Waals surface area contributed by atoms with Gasteiger partial charge >= 0.3 is 6.03 Å². The summed E-state index contributed by atoms with van der Waals surface area (Å²) in [6.07, 6.45) is 2.00. The van der Waals surface area contributed by atoms with Crippen molar-refractivity contribution in [3.8, 4) is 23.7 Å². The van der Waals surface area contributed by atoms with E-state index in [9.17, 15) is 4.79 Å². The van der Waals surface area contributed by atoms with E-state index in [2.05, 4.69) is 44.1 Å². The van der Waals surface area contributed by atoms with Gasteiger partial charge in [-0.05, 0) is 26.7 Å². The smallest absolute Gasteiger partial charge is 0.315 e. The second kappa shape index (κ2) is 8.68. The Hall–Kier alpha value is -1.69. The van der Waals surface area contributed by atoms with Crippen LogP contribution in [0.5, 0.6) is 0 Å². The molecular weight excluding hydrogens is 276 g/mol. The molecule has 22 heavy (non-hydrogen) atoms. The second-order valence-corrected chi connectivity index (χ2v) is 5.91. The topological polar surface area (TPSA) is 47.6 Å². The first-order valence-corrected chi connectivity index (χ1v) is 8.02. The van der Waals surface area contributed by atoms with Gasteiger partial charge in [-0.15, -0.1) is 11.8 Å². The van der Waals surface area contributed by atoms with Gasteiger partial charge in [0.25, 0.3) is 0 Å². The summed E-state index contributed by atoms with van der Waals surface area (Å²) in [7, 11) is 0. The molecule has 2 fully saturated rings. The minimum atomic E-state index is -0.0400. The zero-order chi connectivity index (χ0) is 15.8. The molecule has 5 nitrogen and oxygen atoms in total. The van der Waals surface area contributed by atoms with E-state index < -0.39 is 0 Å². The number of hydrogen-bond donors (Lipinski definition) is 2. The molecule has 2 saturated heterocycles. The third-order valence-corrected chi connectivity index (χ3v) is 4.17. The molecule has 0 aromatic heterocycles. The molecule has 5 heteroatoms. The molecule has 2 amide bonds. The van der Waals surface area contributed by atoms with Gasteiger partial charge in [0.1, 0.15) is 0 Å². The van der Waals surface area contributed by atoms with Gasteiger partial charge in [0, 0.05) is 38.3 Å². The summed E-state index contributed by atoms with van der Waals surface area (Å²) < 4.78 is 0. The van der Waals surface area contributed by atoms with Crippen molar-refractivity contribution in [2.75, 3.05) is 39.3 Å². The maximum absolute atomic E-state index is 12.1. The molecule has 2 N–H and O–H groups in total. The lowest BCUT2D eigenvalue weighted by molar-refractivity contribution is 0.232. The van der Waals surface area contributed by atoms with Crippen molar-refractivity contribution in [1.29, 1.82) is 0 Å². The van der Waals surface area contributed by atoms with Crippen molar-refractivity contribution >= 4 is 6.03 Å². The Bertz CT molecular complexity index is 452. The van der Waals surface area contributed by atoms with Gasteiger partial charge in [-0.3, -0.25) is 9.80 Å². The van der Waals surface area contributed by atoms with Crippen molar-refractivity contribution in [3.63, 3.8) is 0 Å². The highest BCUT2D eigenvalue weighted by Gasteiger charge is 2.26. The van der Waals surface area contributed by atoms with E-state index in [1.54, 1.807) is 0 Å². The summed E-state index contributed by atoms with van der Waals surface area (Å²) in [6, 6.07) is 0.436. The molecule has 0 saturated carbocycles. The highest BCUT2D eigenvalue weighted by atomic mass is 16.2. The maximum atomic E-state index is 12.1. The molecule has 2 rings (SSSR count). The van der Waals surface area contributed by atoms with Gasteiger partial charge in [-0.25, -0.2) is 4.79 Å². The predicted molar refractivity (Wildman–Crippen MR) is 88.3 cm³/mol. The van der Waals surface area contributed by atoms with Crippen LogP contribution < -0.4 is 10.6 Å². The number of amides is 2. The summed E-state index contributed by atoms with van der Waals surface area (Å²) in [6.45, 7) is 9.11. The molecule has 0 aromatic carbocycles. The minimum Gasteiger partial charge on any atom is -0.334 e. The molecule has 0 radical (unpaired) electrons. The van der Waals surface area contributed by atoms with Gasteiger partial charge < -0.3 is 10.6 Å². The van der Waals surface area contributed by atoms with Crippen LogP contribution in [0.1, 0.15) is 26.7 Å². The molecule has 0 aliphatic carbocycles. The lowest BCUT2D eigenvalue weighted by Crippen LogP contribution is -2.47. The summed E-state index contributed by atoms with van der Waals surface area (Å²) >= 11 is 0. The van der Waals surface area contributed by atoms with E-state index in [4.69, 9.17) is 0 Å². The fraction of sp³-hybridized carbons (Fsp3) is 0.706. The van der Waals surface area contributed by atoms with Crippen molar-refractivity contribution in [2.45, 2.75) is 38.8 Å². The van der Waals surface area contributed by atoms with Crippen LogP contribution in [0.15, 0.2) is 0 Å². The largest absolute Gasteiger partial charge is 0.334 e. The molecule has 2 aliphatic rings. The summed E-state index contributed by atoms with van der Waals surface area (Å²) in [5.41, 5.74) is 0. The fourth-order valence-corrected chi connectivity index (χ4v) is 2.98. The monoisotopic (exact) mass is 302 g/mol. The zero-order valence-corrected chi connectivity index (χ0v) is 13.6. The Balaban J connectivity index is 1.66. The van der Waals surface area contributed by atoms with Crippen LogP contribution in [0, 0.1) is 23.7 Å². The van der Waals surface area contributed by atoms with Crippen LogP contribution in [0.4, 0.5) is 4.79 Å². The molecule has 2 atom stereocenters. The first kappa shape index (κ1) is 16.7. The molecule has 2 heterocycles. The average molecular weight is 302 g/mol. The number of urea groups is 1. The fourth-order valence-electron chi connectivity index (χ4n) is 2.98. The Kier molecular flexibility index (Phi) is 6.58. The first-order valence-electron chi connectivity index (χ1n) is 8.02. The SMILES string of the molecule is CC#CCN1CC[C@@H](NC(=O)N[C@@H]2CCN(CC#CC)C2)C1. The highest BCUT2D eigenvalue weighted by Crippen LogP contribution is 2.10. The number of rotatable bonds is 4. The molecule has 0 spiro atoms. The van der Waals surface area contributed by atoms with Gasteiger partial charge in [-0.2, -0.15) is 0 Å². The lowest BCUT2D eigenvalue weighted by atomic mass is 10.2. The number of nitrogens with one attached hydrogen (secondary N) is 2. The van der Waals surface area contributed by atoms with Crippen LogP contribution >= 0.6 is 0 Å². The number of carbonyl (C=O) groups excluding carboxylic acids is 1. The van der Waals surface area contributed by atoms with Crippen LogP contribution in [-0.2, 0) is 0 Å². The summed E-state index contributed by atoms with van der Waals surface area (Å²) in [5, 5.41) is 6.17. The van der Waals surface area contributed by atoms with E-state index in [0.717, 1.165) is 52.1 Å². The highest BCUT2D eigenvalue weighted by molar-refractivity contribution is 5.74. The summed E-state index contributed by atoms with van der Waals surface area (Å²) in [5.74, 6) is 12.0. The number of nitrogens with zero attached hydrogens (tertiary/aromatic N) is 2. The Labute approximate surface area is 133 Å². The van der Waals surface area contributed by atoms with Gasteiger partial charge in [-0.1, -0.05) is 11.8 Å². The zero-order valence-electron chi connectivity index (χ0n) is 13.6. The normalized spacial score (nSPS) is 25.0. The third-order valence-electron chi connectivity index (χ3n) is 4.17. The van der Waals surface area contributed by atoms with Gasteiger partial charge in [0.05, 0.1) is 13.1 Å². The molecular formula is C17H26N4O. The van der Waals surface area contributed by atoms with Crippen LogP contribution in [0.2, 0.25) is 0 Å². The first-order chi connectivity index (χ1) is 10.7. The van der Waals surface area contributed by atoms with E-state index in [-0.39, 0.29) is 18.1 Å². The van der Waals surface area contributed by atoms with Crippen LogP contribution in [0.3, 0.4) is 0 Å². The lowest BCUT2D eigenvalue weighted by Gasteiger charge is -2.18. The van der Waals surface area contributed by atoms with Crippen molar-refractivity contribution in [3.05, 3.63) is 0 Å².